The van der Waals surface area contributed by atoms with E-state index in [9.17, 15) is 4.39 Å². The molecular weight excluding hydrogens is 279 g/mol. The number of hydrogen-bond acceptors (Lipinski definition) is 3. The molecule has 1 N–H and O–H groups in total. The van der Waals surface area contributed by atoms with Crippen molar-refractivity contribution in [1.82, 2.24) is 20.1 Å². The van der Waals surface area contributed by atoms with Crippen LogP contribution in [0.1, 0.15) is 30.0 Å². The zero-order valence-electron chi connectivity index (χ0n) is 11.8. The van der Waals surface area contributed by atoms with Crippen molar-refractivity contribution in [2.75, 3.05) is 7.05 Å². The van der Waals surface area contributed by atoms with Crippen molar-refractivity contribution in [3.63, 3.8) is 0 Å². The molecule has 20 heavy (non-hydrogen) atoms. The predicted molar refractivity (Wildman–Crippen MR) is 77.3 cm³/mol. The van der Waals surface area contributed by atoms with Gasteiger partial charge in [-0.3, -0.25) is 9.67 Å². The van der Waals surface area contributed by atoms with Crippen molar-refractivity contribution in [2.24, 2.45) is 0 Å². The lowest BCUT2D eigenvalue weighted by atomic mass is 10.1. The van der Waals surface area contributed by atoms with Crippen LogP contribution in [0.25, 0.3) is 0 Å². The number of aromatic nitrogens is 3. The number of aryl methyl sites for hydroxylation is 2. The monoisotopic (exact) mass is 296 g/mol. The fourth-order valence-electron chi connectivity index (χ4n) is 2.21. The van der Waals surface area contributed by atoms with Gasteiger partial charge in [0.2, 0.25) is 0 Å². The second-order valence-corrected chi connectivity index (χ2v) is 4.99. The van der Waals surface area contributed by atoms with E-state index < -0.39 is 0 Å². The van der Waals surface area contributed by atoms with Crippen LogP contribution in [-0.4, -0.2) is 21.8 Å². The van der Waals surface area contributed by atoms with E-state index in [-0.39, 0.29) is 11.9 Å². The highest BCUT2D eigenvalue weighted by Crippen LogP contribution is 2.25. The Morgan fingerprint density at radius 1 is 1.45 bits per heavy atom. The molecule has 0 saturated heterocycles. The third kappa shape index (κ3) is 2.99. The highest BCUT2D eigenvalue weighted by atomic mass is 35.5. The second kappa shape index (κ2) is 6.33. The third-order valence-corrected chi connectivity index (χ3v) is 3.80. The van der Waals surface area contributed by atoms with Gasteiger partial charge in [0.25, 0.3) is 0 Å². The van der Waals surface area contributed by atoms with Gasteiger partial charge in [-0.2, -0.15) is 5.10 Å². The van der Waals surface area contributed by atoms with Crippen LogP contribution in [0, 0.1) is 12.7 Å². The van der Waals surface area contributed by atoms with E-state index in [0.29, 0.717) is 11.4 Å². The second-order valence-electron chi connectivity index (χ2n) is 4.61. The van der Waals surface area contributed by atoms with Gasteiger partial charge in [-0.05, 0) is 33.0 Å². The molecule has 0 aliphatic heterocycles. The summed E-state index contributed by atoms with van der Waals surface area (Å²) in [6.07, 6.45) is 1.88. The molecule has 108 valence electrons. The first kappa shape index (κ1) is 14.9. The van der Waals surface area contributed by atoms with Crippen molar-refractivity contribution >= 4 is 11.6 Å². The molecule has 2 rings (SSSR count). The summed E-state index contributed by atoms with van der Waals surface area (Å²) in [5.41, 5.74) is 2.58. The molecule has 0 aliphatic rings. The number of halogens is 2. The molecule has 0 radical (unpaired) electrons. The third-order valence-electron chi connectivity index (χ3n) is 3.31. The average Bonchev–Trinajstić information content (AvgIpc) is 2.73. The van der Waals surface area contributed by atoms with Crippen molar-refractivity contribution in [2.45, 2.75) is 32.9 Å². The molecule has 1 unspecified atom stereocenters. The Morgan fingerprint density at radius 2 is 2.20 bits per heavy atom. The van der Waals surface area contributed by atoms with E-state index in [0.717, 1.165) is 23.6 Å². The van der Waals surface area contributed by atoms with Crippen LogP contribution >= 0.6 is 11.6 Å². The normalized spacial score (nSPS) is 12.7. The van der Waals surface area contributed by atoms with Crippen molar-refractivity contribution < 1.29 is 4.39 Å². The van der Waals surface area contributed by atoms with Gasteiger partial charge in [-0.1, -0.05) is 11.6 Å². The van der Waals surface area contributed by atoms with Crippen LogP contribution < -0.4 is 5.32 Å². The van der Waals surface area contributed by atoms with E-state index in [4.69, 9.17) is 11.6 Å². The van der Waals surface area contributed by atoms with Gasteiger partial charge in [-0.25, -0.2) is 4.39 Å². The number of likely N-dealkylation sites (N-methyl/N-ethyl adjacent to an activating group) is 1. The Balaban J connectivity index is 2.28. The summed E-state index contributed by atoms with van der Waals surface area (Å²) in [6.45, 7) is 4.68. The maximum atomic E-state index is 12.9. The summed E-state index contributed by atoms with van der Waals surface area (Å²) in [6, 6.07) is 3.06. The molecule has 4 nitrogen and oxygen atoms in total. The first-order valence-corrected chi connectivity index (χ1v) is 6.95. The van der Waals surface area contributed by atoms with E-state index in [1.807, 2.05) is 25.6 Å². The molecule has 0 aromatic carbocycles. The Bertz CT molecular complexity index is 580. The van der Waals surface area contributed by atoms with Gasteiger partial charge in [0.15, 0.2) is 0 Å². The van der Waals surface area contributed by atoms with E-state index in [1.54, 1.807) is 6.07 Å². The highest BCUT2D eigenvalue weighted by molar-refractivity contribution is 6.31. The van der Waals surface area contributed by atoms with Crippen LogP contribution in [-0.2, 0) is 13.0 Å². The minimum atomic E-state index is -0.337. The molecule has 2 heterocycles. The molecule has 0 saturated carbocycles. The minimum absolute atomic E-state index is 0.0329. The predicted octanol–water partition coefficient (Wildman–Crippen LogP) is 2.90. The quantitative estimate of drug-likeness (QED) is 0.922. The van der Waals surface area contributed by atoms with Crippen molar-refractivity contribution in [3.8, 4) is 0 Å². The number of nitrogens with zero attached hydrogens (tertiary/aromatic N) is 3. The van der Waals surface area contributed by atoms with E-state index in [1.165, 1.54) is 12.3 Å². The summed E-state index contributed by atoms with van der Waals surface area (Å²) in [7, 11) is 1.85. The Morgan fingerprint density at radius 3 is 2.75 bits per heavy atom. The zero-order valence-corrected chi connectivity index (χ0v) is 12.6. The molecule has 1 atom stereocenters. The van der Waals surface area contributed by atoms with Crippen molar-refractivity contribution in [3.05, 3.63) is 46.3 Å². The van der Waals surface area contributed by atoms with Gasteiger partial charge in [0.1, 0.15) is 5.82 Å². The summed E-state index contributed by atoms with van der Waals surface area (Å²) < 4.78 is 14.8. The molecule has 0 amide bonds. The topological polar surface area (TPSA) is 42.7 Å². The fraction of sp³-hybridized carbons (Fsp3) is 0.429. The van der Waals surface area contributed by atoms with Gasteiger partial charge in [0.05, 0.1) is 34.3 Å². The molecule has 6 heteroatoms. The number of rotatable bonds is 5. The average molecular weight is 297 g/mol. The highest BCUT2D eigenvalue weighted by Gasteiger charge is 2.19. The first-order chi connectivity index (χ1) is 9.56. The van der Waals surface area contributed by atoms with Gasteiger partial charge in [-0.15, -0.1) is 0 Å². The van der Waals surface area contributed by atoms with Gasteiger partial charge < -0.3 is 5.32 Å². The van der Waals surface area contributed by atoms with Gasteiger partial charge >= 0.3 is 0 Å². The molecule has 0 spiro atoms. The number of nitrogens with one attached hydrogen (secondary N) is 1. The summed E-state index contributed by atoms with van der Waals surface area (Å²) >= 11 is 6.31. The maximum Gasteiger partial charge on any atom is 0.141 e. The first-order valence-electron chi connectivity index (χ1n) is 6.57. The van der Waals surface area contributed by atoms with Crippen LogP contribution in [0.4, 0.5) is 4.39 Å². The Hall–Kier alpha value is -1.46. The maximum absolute atomic E-state index is 12.9. The lowest BCUT2D eigenvalue weighted by Gasteiger charge is -2.16. The van der Waals surface area contributed by atoms with E-state index in [2.05, 4.69) is 15.4 Å². The molecule has 2 aromatic heterocycles. The van der Waals surface area contributed by atoms with Crippen LogP contribution in [0.5, 0.6) is 0 Å². The Kier molecular flexibility index (Phi) is 4.73. The van der Waals surface area contributed by atoms with Gasteiger partial charge in [0, 0.05) is 13.0 Å². The van der Waals surface area contributed by atoms with E-state index >= 15 is 0 Å². The largest absolute Gasteiger partial charge is 0.311 e. The minimum Gasteiger partial charge on any atom is -0.311 e. The van der Waals surface area contributed by atoms with Crippen molar-refractivity contribution in [1.29, 1.82) is 0 Å². The number of pyridine rings is 1. The smallest absolute Gasteiger partial charge is 0.141 e. The van der Waals surface area contributed by atoms with Crippen LogP contribution in [0.3, 0.4) is 0 Å². The van der Waals surface area contributed by atoms with Crippen LogP contribution in [0.15, 0.2) is 18.3 Å². The molecular formula is C14H18ClFN4. The Labute approximate surface area is 123 Å². The summed E-state index contributed by atoms with van der Waals surface area (Å²) in [5.74, 6) is -0.337. The molecule has 2 aromatic rings. The molecule has 0 aliphatic carbocycles. The molecule has 0 fully saturated rings. The molecule has 0 bridgehead atoms. The SMILES string of the molecule is CCn1nc(C)c(Cl)c1CC(NC)c1ccc(F)cn1. The van der Waals surface area contributed by atoms with Crippen LogP contribution in [0.2, 0.25) is 5.02 Å². The number of hydrogen-bond donors (Lipinski definition) is 1. The summed E-state index contributed by atoms with van der Waals surface area (Å²) in [5, 5.41) is 8.28. The zero-order chi connectivity index (χ0) is 14.7. The lowest BCUT2D eigenvalue weighted by molar-refractivity contribution is 0.528. The standard InChI is InChI=1S/C14H18ClFN4/c1-4-20-13(14(15)9(2)19-20)7-12(17-3)11-6-5-10(16)8-18-11/h5-6,8,12,17H,4,7H2,1-3H3. The lowest BCUT2D eigenvalue weighted by Crippen LogP contribution is -2.21. The summed E-state index contributed by atoms with van der Waals surface area (Å²) in [4.78, 5) is 4.13. The fourth-order valence-corrected chi connectivity index (χ4v) is 2.42.